The fourth-order valence-corrected chi connectivity index (χ4v) is 3.86. The van der Waals surface area contributed by atoms with Gasteiger partial charge < -0.3 is 9.15 Å². The highest BCUT2D eigenvalue weighted by Gasteiger charge is 2.26. The summed E-state index contributed by atoms with van der Waals surface area (Å²) in [4.78, 5) is 16.8. The number of piperazine rings is 1. The number of rotatable bonds is 7. The van der Waals surface area contributed by atoms with Crippen molar-refractivity contribution in [2.75, 3.05) is 39.3 Å². The molecule has 1 aliphatic rings. The predicted molar refractivity (Wildman–Crippen MR) is 126 cm³/mol. The van der Waals surface area contributed by atoms with Crippen LogP contribution in [-0.4, -0.2) is 55.1 Å². The van der Waals surface area contributed by atoms with Crippen molar-refractivity contribution in [2.24, 2.45) is 0 Å². The van der Waals surface area contributed by atoms with Crippen molar-refractivity contribution in [1.82, 2.24) is 9.80 Å². The molecule has 7 heteroatoms. The number of furan rings is 1. The average molecular weight is 463 g/mol. The lowest BCUT2D eigenvalue weighted by molar-refractivity contribution is 0.0406. The smallest absolute Gasteiger partial charge is 0.341 e. The topological polar surface area (TPSA) is 45.9 Å². The minimum Gasteiger partial charge on any atom is -0.472 e. The van der Waals surface area contributed by atoms with Gasteiger partial charge in [-0.3, -0.25) is 9.80 Å². The lowest BCUT2D eigenvalue weighted by atomic mass is 9.96. The van der Waals surface area contributed by atoms with Crippen LogP contribution in [0.15, 0.2) is 83.7 Å². The van der Waals surface area contributed by atoms with Crippen molar-refractivity contribution in [3.63, 3.8) is 0 Å². The number of benzene rings is 2. The SMILES string of the molecule is Cl.Cl.O=C(OCCN1CCN(C(c2ccccc2)c2ccccc2)CC1)c1ccoc1. The van der Waals surface area contributed by atoms with Gasteiger partial charge >= 0.3 is 5.97 Å². The van der Waals surface area contributed by atoms with Gasteiger partial charge in [-0.1, -0.05) is 60.7 Å². The molecule has 2 aromatic carbocycles. The summed E-state index contributed by atoms with van der Waals surface area (Å²) in [5.74, 6) is -0.328. The molecule has 0 atom stereocenters. The third kappa shape index (κ3) is 6.58. The summed E-state index contributed by atoms with van der Waals surface area (Å²) < 4.78 is 10.3. The maximum absolute atomic E-state index is 11.9. The Morgan fingerprint density at radius 2 is 1.45 bits per heavy atom. The highest BCUT2D eigenvalue weighted by molar-refractivity contribution is 5.88. The lowest BCUT2D eigenvalue weighted by Crippen LogP contribution is -2.48. The number of esters is 1. The molecule has 0 saturated carbocycles. The van der Waals surface area contributed by atoms with E-state index in [-0.39, 0.29) is 36.8 Å². The fraction of sp³-hybridized carbons (Fsp3) is 0.292. The Kier molecular flexibility index (Phi) is 10.1. The average Bonchev–Trinajstić information content (AvgIpc) is 3.32. The van der Waals surface area contributed by atoms with Gasteiger partial charge in [0.05, 0.1) is 17.9 Å². The second-order valence-electron chi connectivity index (χ2n) is 7.25. The van der Waals surface area contributed by atoms with Gasteiger partial charge in [-0.05, 0) is 17.2 Å². The molecule has 4 rings (SSSR count). The molecule has 0 N–H and O–H groups in total. The molecule has 1 saturated heterocycles. The highest BCUT2D eigenvalue weighted by atomic mass is 35.5. The zero-order chi connectivity index (χ0) is 19.9. The summed E-state index contributed by atoms with van der Waals surface area (Å²) in [6.45, 7) is 5.01. The Balaban J connectivity index is 0.00000171. The largest absolute Gasteiger partial charge is 0.472 e. The Hall–Kier alpha value is -2.31. The first-order valence-electron chi connectivity index (χ1n) is 10.1. The van der Waals surface area contributed by atoms with Crippen LogP contribution in [-0.2, 0) is 4.74 Å². The van der Waals surface area contributed by atoms with Crippen LogP contribution in [0.1, 0.15) is 27.5 Å². The van der Waals surface area contributed by atoms with E-state index in [0.717, 1.165) is 32.7 Å². The minimum atomic E-state index is -0.328. The molecule has 2 heterocycles. The quantitative estimate of drug-likeness (QED) is 0.476. The van der Waals surface area contributed by atoms with Crippen molar-refractivity contribution in [2.45, 2.75) is 6.04 Å². The van der Waals surface area contributed by atoms with Crippen molar-refractivity contribution in [1.29, 1.82) is 0 Å². The first-order valence-corrected chi connectivity index (χ1v) is 10.1. The molecular formula is C24H28Cl2N2O3. The van der Waals surface area contributed by atoms with Crippen LogP contribution in [0.4, 0.5) is 0 Å². The molecule has 3 aromatic rings. The van der Waals surface area contributed by atoms with E-state index in [1.807, 2.05) is 0 Å². The van der Waals surface area contributed by atoms with Gasteiger partial charge in [0, 0.05) is 32.7 Å². The Bertz CT molecular complexity index is 844. The first-order chi connectivity index (χ1) is 14.3. The Labute approximate surface area is 195 Å². The predicted octanol–water partition coefficient (Wildman–Crippen LogP) is 4.69. The van der Waals surface area contributed by atoms with Crippen LogP contribution >= 0.6 is 24.8 Å². The molecule has 0 radical (unpaired) electrons. The van der Waals surface area contributed by atoms with E-state index < -0.39 is 0 Å². The summed E-state index contributed by atoms with van der Waals surface area (Å²) in [5.41, 5.74) is 3.10. The standard InChI is InChI=1S/C24H26N2O3.2ClH/c27-24(22-11-17-28-19-22)29-18-16-25-12-14-26(15-13-25)23(20-7-3-1-4-8-20)21-9-5-2-6-10-21;;/h1-11,17,19,23H,12-16,18H2;2*1H. The van der Waals surface area contributed by atoms with Crippen LogP contribution < -0.4 is 0 Å². The van der Waals surface area contributed by atoms with E-state index >= 15 is 0 Å². The number of hydrogen-bond donors (Lipinski definition) is 0. The van der Waals surface area contributed by atoms with E-state index in [1.165, 1.54) is 23.7 Å². The van der Waals surface area contributed by atoms with Crippen molar-refractivity contribution in [3.8, 4) is 0 Å². The minimum absolute atomic E-state index is 0. The third-order valence-corrected chi connectivity index (χ3v) is 5.40. The fourth-order valence-electron chi connectivity index (χ4n) is 3.86. The second kappa shape index (κ2) is 12.5. The molecule has 166 valence electrons. The van der Waals surface area contributed by atoms with Crippen LogP contribution in [0.5, 0.6) is 0 Å². The Morgan fingerprint density at radius 1 is 0.871 bits per heavy atom. The molecule has 0 bridgehead atoms. The van der Waals surface area contributed by atoms with Crippen LogP contribution in [0, 0.1) is 0 Å². The molecule has 0 unspecified atom stereocenters. The number of hydrogen-bond acceptors (Lipinski definition) is 5. The zero-order valence-electron chi connectivity index (χ0n) is 17.3. The second-order valence-corrected chi connectivity index (χ2v) is 7.25. The number of halogens is 2. The molecule has 5 nitrogen and oxygen atoms in total. The number of carbonyl (C=O) groups is 1. The summed E-state index contributed by atoms with van der Waals surface area (Å²) in [5, 5.41) is 0. The van der Waals surface area contributed by atoms with Crippen molar-refractivity contribution >= 4 is 30.8 Å². The van der Waals surface area contributed by atoms with Crippen LogP contribution in [0.25, 0.3) is 0 Å². The Morgan fingerprint density at radius 3 is 1.97 bits per heavy atom. The maximum atomic E-state index is 11.9. The normalized spacial score (nSPS) is 14.5. The summed E-state index contributed by atoms with van der Waals surface area (Å²) >= 11 is 0. The molecule has 0 aliphatic carbocycles. The molecule has 1 fully saturated rings. The summed E-state index contributed by atoms with van der Waals surface area (Å²) in [6.07, 6.45) is 2.89. The monoisotopic (exact) mass is 462 g/mol. The van der Waals surface area contributed by atoms with Crippen LogP contribution in [0.3, 0.4) is 0 Å². The van der Waals surface area contributed by atoms with E-state index in [1.54, 1.807) is 6.07 Å². The number of nitrogens with zero attached hydrogens (tertiary/aromatic N) is 2. The van der Waals surface area contributed by atoms with Crippen molar-refractivity contribution < 1.29 is 13.9 Å². The van der Waals surface area contributed by atoms with Gasteiger partial charge in [-0.15, -0.1) is 24.8 Å². The van der Waals surface area contributed by atoms with Gasteiger partial charge in [-0.2, -0.15) is 0 Å². The highest BCUT2D eigenvalue weighted by Crippen LogP contribution is 2.29. The van der Waals surface area contributed by atoms with E-state index in [2.05, 4.69) is 70.5 Å². The van der Waals surface area contributed by atoms with E-state index in [4.69, 9.17) is 9.15 Å². The van der Waals surface area contributed by atoms with Crippen molar-refractivity contribution in [3.05, 3.63) is 95.9 Å². The van der Waals surface area contributed by atoms with E-state index in [9.17, 15) is 4.79 Å². The van der Waals surface area contributed by atoms with Gasteiger partial charge in [0.1, 0.15) is 12.9 Å². The van der Waals surface area contributed by atoms with E-state index in [0.29, 0.717) is 12.2 Å². The molecule has 1 aromatic heterocycles. The van der Waals surface area contributed by atoms with Gasteiger partial charge in [0.25, 0.3) is 0 Å². The molecular weight excluding hydrogens is 435 g/mol. The van der Waals surface area contributed by atoms with Gasteiger partial charge in [0.15, 0.2) is 0 Å². The zero-order valence-corrected chi connectivity index (χ0v) is 18.9. The molecule has 31 heavy (non-hydrogen) atoms. The van der Waals surface area contributed by atoms with Gasteiger partial charge in [0.2, 0.25) is 0 Å². The van der Waals surface area contributed by atoms with Gasteiger partial charge in [-0.25, -0.2) is 4.79 Å². The third-order valence-electron chi connectivity index (χ3n) is 5.40. The molecule has 0 spiro atoms. The number of carbonyl (C=O) groups excluding carboxylic acids is 1. The maximum Gasteiger partial charge on any atom is 0.341 e. The number of ether oxygens (including phenoxy) is 1. The summed E-state index contributed by atoms with van der Waals surface area (Å²) in [7, 11) is 0. The molecule has 1 aliphatic heterocycles. The first kappa shape index (κ1) is 25.0. The van der Waals surface area contributed by atoms with Crippen LogP contribution in [0.2, 0.25) is 0 Å². The molecule has 0 amide bonds. The lowest BCUT2D eigenvalue weighted by Gasteiger charge is -2.39. The summed E-state index contributed by atoms with van der Waals surface area (Å²) in [6, 6.07) is 23.3.